The highest BCUT2D eigenvalue weighted by Crippen LogP contribution is 2.17. The van der Waals surface area contributed by atoms with Crippen molar-refractivity contribution in [1.29, 1.82) is 0 Å². The average molecular weight is 333 g/mol. The summed E-state index contributed by atoms with van der Waals surface area (Å²) in [6.07, 6.45) is 0. The highest BCUT2D eigenvalue weighted by molar-refractivity contribution is 9.10. The lowest BCUT2D eigenvalue weighted by molar-refractivity contribution is 0.574. The van der Waals surface area contributed by atoms with Crippen molar-refractivity contribution in [2.45, 2.75) is 19.5 Å². The lowest BCUT2D eigenvalue weighted by Gasteiger charge is -2.16. The SMILES string of the molecule is C[C@@H](NCc1ccc(N(C)C)cc1)c1ccc(Br)cc1. The fourth-order valence-electron chi connectivity index (χ4n) is 2.05. The van der Waals surface area contributed by atoms with E-state index < -0.39 is 0 Å². The van der Waals surface area contributed by atoms with E-state index in [1.807, 2.05) is 0 Å². The predicted octanol–water partition coefficient (Wildman–Crippen LogP) is 4.37. The minimum Gasteiger partial charge on any atom is -0.378 e. The third-order valence-corrected chi connectivity index (χ3v) is 3.96. The number of hydrogen-bond donors (Lipinski definition) is 1. The first kappa shape index (κ1) is 15.1. The van der Waals surface area contributed by atoms with Crippen molar-refractivity contribution in [3.05, 3.63) is 64.1 Å². The van der Waals surface area contributed by atoms with E-state index in [9.17, 15) is 0 Å². The van der Waals surface area contributed by atoms with Gasteiger partial charge in [-0.15, -0.1) is 0 Å². The maximum absolute atomic E-state index is 3.55. The molecule has 2 rings (SSSR count). The Hall–Kier alpha value is -1.32. The summed E-state index contributed by atoms with van der Waals surface area (Å²) in [5.41, 5.74) is 3.84. The van der Waals surface area contributed by atoms with Gasteiger partial charge in [0.2, 0.25) is 0 Å². The summed E-state index contributed by atoms with van der Waals surface area (Å²) >= 11 is 3.46. The molecule has 0 aliphatic rings. The van der Waals surface area contributed by atoms with E-state index in [0.717, 1.165) is 11.0 Å². The Kier molecular flexibility index (Phi) is 5.21. The Labute approximate surface area is 129 Å². The van der Waals surface area contributed by atoms with Crippen molar-refractivity contribution in [3.63, 3.8) is 0 Å². The Morgan fingerprint density at radius 2 is 1.60 bits per heavy atom. The minimum absolute atomic E-state index is 0.344. The monoisotopic (exact) mass is 332 g/mol. The number of halogens is 1. The Morgan fingerprint density at radius 1 is 1.00 bits per heavy atom. The standard InChI is InChI=1S/C17H21BrN2/c1-13(15-6-8-16(18)9-7-15)19-12-14-4-10-17(11-5-14)20(2)3/h4-11,13,19H,12H2,1-3H3/t13-/m1/s1. The second kappa shape index (κ2) is 6.91. The van der Waals surface area contributed by atoms with E-state index in [2.05, 4.69) is 95.7 Å². The van der Waals surface area contributed by atoms with Crippen LogP contribution in [0.3, 0.4) is 0 Å². The predicted molar refractivity (Wildman–Crippen MR) is 90.2 cm³/mol. The van der Waals surface area contributed by atoms with Gasteiger partial charge in [0.1, 0.15) is 0 Å². The molecule has 20 heavy (non-hydrogen) atoms. The molecule has 2 nitrogen and oxygen atoms in total. The Bertz CT molecular complexity index is 532. The smallest absolute Gasteiger partial charge is 0.0361 e. The van der Waals surface area contributed by atoms with Gasteiger partial charge in [0.15, 0.2) is 0 Å². The third-order valence-electron chi connectivity index (χ3n) is 3.44. The zero-order valence-electron chi connectivity index (χ0n) is 12.2. The molecule has 0 spiro atoms. The molecule has 0 fully saturated rings. The lowest BCUT2D eigenvalue weighted by Crippen LogP contribution is -2.18. The van der Waals surface area contributed by atoms with E-state index in [1.54, 1.807) is 0 Å². The fourth-order valence-corrected chi connectivity index (χ4v) is 2.32. The van der Waals surface area contributed by atoms with E-state index in [0.29, 0.717) is 6.04 Å². The molecule has 0 saturated heterocycles. The molecular weight excluding hydrogens is 312 g/mol. The van der Waals surface area contributed by atoms with Crippen LogP contribution in [0.15, 0.2) is 53.0 Å². The normalized spacial score (nSPS) is 12.2. The van der Waals surface area contributed by atoms with E-state index in [4.69, 9.17) is 0 Å². The molecule has 3 heteroatoms. The number of anilines is 1. The summed E-state index contributed by atoms with van der Waals surface area (Å²) in [7, 11) is 4.12. The molecule has 0 aliphatic heterocycles. The number of rotatable bonds is 5. The Morgan fingerprint density at radius 3 is 2.15 bits per heavy atom. The largest absolute Gasteiger partial charge is 0.378 e. The minimum atomic E-state index is 0.344. The summed E-state index contributed by atoms with van der Waals surface area (Å²) in [6, 6.07) is 17.5. The number of nitrogens with one attached hydrogen (secondary N) is 1. The van der Waals surface area contributed by atoms with Crippen LogP contribution in [-0.4, -0.2) is 14.1 Å². The van der Waals surface area contributed by atoms with Crippen LogP contribution in [0.5, 0.6) is 0 Å². The summed E-state index contributed by atoms with van der Waals surface area (Å²) in [5, 5.41) is 3.55. The second-order valence-electron chi connectivity index (χ2n) is 5.22. The van der Waals surface area contributed by atoms with Gasteiger partial charge in [0.25, 0.3) is 0 Å². The maximum Gasteiger partial charge on any atom is 0.0361 e. The van der Waals surface area contributed by atoms with Gasteiger partial charge in [-0.1, -0.05) is 40.2 Å². The van der Waals surface area contributed by atoms with Crippen LogP contribution in [0.4, 0.5) is 5.69 Å². The van der Waals surface area contributed by atoms with Crippen molar-refractivity contribution >= 4 is 21.6 Å². The average Bonchev–Trinajstić information content (AvgIpc) is 2.46. The summed E-state index contributed by atoms with van der Waals surface area (Å²) in [6.45, 7) is 3.07. The first-order valence-corrected chi connectivity index (χ1v) is 7.60. The molecule has 0 heterocycles. The highest BCUT2D eigenvalue weighted by atomic mass is 79.9. The topological polar surface area (TPSA) is 15.3 Å². The molecule has 0 aliphatic carbocycles. The number of nitrogens with zero attached hydrogens (tertiary/aromatic N) is 1. The van der Waals surface area contributed by atoms with Crippen molar-refractivity contribution in [2.24, 2.45) is 0 Å². The molecular formula is C17H21BrN2. The van der Waals surface area contributed by atoms with E-state index >= 15 is 0 Å². The molecule has 0 aromatic heterocycles. The molecule has 2 aromatic rings. The summed E-state index contributed by atoms with van der Waals surface area (Å²) < 4.78 is 1.12. The van der Waals surface area contributed by atoms with Gasteiger partial charge >= 0.3 is 0 Å². The molecule has 0 amide bonds. The molecule has 0 radical (unpaired) electrons. The number of hydrogen-bond acceptors (Lipinski definition) is 2. The van der Waals surface area contributed by atoms with Crippen molar-refractivity contribution in [2.75, 3.05) is 19.0 Å². The van der Waals surface area contributed by atoms with Gasteiger partial charge < -0.3 is 10.2 Å². The quantitative estimate of drug-likeness (QED) is 0.874. The van der Waals surface area contributed by atoms with Crippen LogP contribution in [0.25, 0.3) is 0 Å². The highest BCUT2D eigenvalue weighted by Gasteiger charge is 2.04. The van der Waals surface area contributed by atoms with E-state index in [-0.39, 0.29) is 0 Å². The summed E-state index contributed by atoms with van der Waals surface area (Å²) in [5.74, 6) is 0. The summed E-state index contributed by atoms with van der Waals surface area (Å²) in [4.78, 5) is 2.11. The van der Waals surface area contributed by atoms with Gasteiger partial charge in [-0.05, 0) is 42.3 Å². The lowest BCUT2D eigenvalue weighted by atomic mass is 10.1. The van der Waals surface area contributed by atoms with Gasteiger partial charge in [-0.3, -0.25) is 0 Å². The Balaban J connectivity index is 1.92. The fraction of sp³-hybridized carbons (Fsp3) is 0.294. The van der Waals surface area contributed by atoms with Crippen LogP contribution < -0.4 is 10.2 Å². The molecule has 0 saturated carbocycles. The van der Waals surface area contributed by atoms with Crippen molar-refractivity contribution < 1.29 is 0 Å². The first-order valence-electron chi connectivity index (χ1n) is 6.81. The van der Waals surface area contributed by atoms with Gasteiger partial charge in [-0.25, -0.2) is 0 Å². The third kappa shape index (κ3) is 4.09. The van der Waals surface area contributed by atoms with Crippen LogP contribution >= 0.6 is 15.9 Å². The van der Waals surface area contributed by atoms with Gasteiger partial charge in [0.05, 0.1) is 0 Å². The van der Waals surface area contributed by atoms with Crippen LogP contribution in [0, 0.1) is 0 Å². The van der Waals surface area contributed by atoms with Crippen LogP contribution in [-0.2, 0) is 6.54 Å². The van der Waals surface area contributed by atoms with Crippen molar-refractivity contribution in [1.82, 2.24) is 5.32 Å². The zero-order chi connectivity index (χ0) is 14.5. The van der Waals surface area contributed by atoms with Crippen molar-refractivity contribution in [3.8, 4) is 0 Å². The second-order valence-corrected chi connectivity index (χ2v) is 6.13. The van der Waals surface area contributed by atoms with E-state index in [1.165, 1.54) is 16.8 Å². The van der Waals surface area contributed by atoms with Gasteiger partial charge in [-0.2, -0.15) is 0 Å². The molecule has 1 N–H and O–H groups in total. The first-order chi connectivity index (χ1) is 9.56. The molecule has 2 aromatic carbocycles. The molecule has 0 bridgehead atoms. The van der Waals surface area contributed by atoms with Gasteiger partial charge in [0, 0.05) is 36.8 Å². The maximum atomic E-state index is 3.55. The molecule has 106 valence electrons. The zero-order valence-corrected chi connectivity index (χ0v) is 13.8. The number of benzene rings is 2. The van der Waals surface area contributed by atoms with Crippen LogP contribution in [0.1, 0.15) is 24.1 Å². The molecule has 1 atom stereocenters. The molecule has 0 unspecified atom stereocenters. The van der Waals surface area contributed by atoms with Crippen LogP contribution in [0.2, 0.25) is 0 Å².